The number of hydrogen-bond acceptors (Lipinski definition) is 3. The minimum Gasteiger partial charge on any atom is -0.469 e. The summed E-state index contributed by atoms with van der Waals surface area (Å²) < 4.78 is 4.88. The molecule has 0 aromatic rings. The largest absolute Gasteiger partial charge is 0.469 e. The zero-order valence-electron chi connectivity index (χ0n) is 11.1. The molecular formula is C14H24O3. The SMILES string of the molecule is COC(=O)[C@@H]1[C@H](C)[C@@H]2CCCC[C@@H]2C[C@@]1(C)O. The molecule has 5 atom stereocenters. The first-order chi connectivity index (χ1) is 7.97. The van der Waals surface area contributed by atoms with Crippen molar-refractivity contribution in [2.75, 3.05) is 7.11 Å². The van der Waals surface area contributed by atoms with Crippen LogP contribution in [0, 0.1) is 23.7 Å². The molecule has 2 saturated carbocycles. The van der Waals surface area contributed by atoms with Crippen molar-refractivity contribution in [3.63, 3.8) is 0 Å². The molecule has 2 aliphatic rings. The van der Waals surface area contributed by atoms with Crippen LogP contribution in [0.4, 0.5) is 0 Å². The summed E-state index contributed by atoms with van der Waals surface area (Å²) in [5.41, 5.74) is -0.898. The molecule has 0 amide bonds. The number of esters is 1. The van der Waals surface area contributed by atoms with Crippen molar-refractivity contribution in [1.82, 2.24) is 0 Å². The summed E-state index contributed by atoms with van der Waals surface area (Å²) in [5, 5.41) is 10.5. The molecule has 2 rings (SSSR count). The van der Waals surface area contributed by atoms with Gasteiger partial charge in [-0.3, -0.25) is 4.79 Å². The molecule has 0 aromatic carbocycles. The van der Waals surface area contributed by atoms with Crippen molar-refractivity contribution in [3.05, 3.63) is 0 Å². The molecule has 0 aliphatic heterocycles. The van der Waals surface area contributed by atoms with E-state index in [0.717, 1.165) is 6.42 Å². The Morgan fingerprint density at radius 3 is 2.65 bits per heavy atom. The third-order valence-corrected chi connectivity index (χ3v) is 4.97. The average molecular weight is 240 g/mol. The maximum absolute atomic E-state index is 11.9. The first kappa shape index (κ1) is 12.9. The van der Waals surface area contributed by atoms with Gasteiger partial charge in [0, 0.05) is 0 Å². The topological polar surface area (TPSA) is 46.5 Å². The molecule has 0 unspecified atom stereocenters. The van der Waals surface area contributed by atoms with Gasteiger partial charge in [0.05, 0.1) is 18.6 Å². The van der Waals surface area contributed by atoms with Crippen molar-refractivity contribution in [2.24, 2.45) is 23.7 Å². The fraction of sp³-hybridized carbons (Fsp3) is 0.929. The van der Waals surface area contributed by atoms with E-state index in [1.165, 1.54) is 32.8 Å². The number of ether oxygens (including phenoxy) is 1. The van der Waals surface area contributed by atoms with Crippen molar-refractivity contribution in [2.45, 2.75) is 51.6 Å². The lowest BCUT2D eigenvalue weighted by atomic mass is 9.57. The molecule has 3 heteroatoms. The monoisotopic (exact) mass is 240 g/mol. The zero-order valence-corrected chi connectivity index (χ0v) is 11.1. The predicted octanol–water partition coefficient (Wildman–Crippen LogP) is 2.37. The molecule has 2 aliphatic carbocycles. The lowest BCUT2D eigenvalue weighted by molar-refractivity contribution is -0.172. The van der Waals surface area contributed by atoms with Gasteiger partial charge in [-0.15, -0.1) is 0 Å². The molecule has 98 valence electrons. The maximum Gasteiger partial charge on any atom is 0.311 e. The van der Waals surface area contributed by atoms with Gasteiger partial charge in [-0.2, -0.15) is 0 Å². The smallest absolute Gasteiger partial charge is 0.311 e. The normalized spacial score (nSPS) is 46.1. The lowest BCUT2D eigenvalue weighted by Gasteiger charge is -2.50. The van der Waals surface area contributed by atoms with E-state index in [1.54, 1.807) is 6.92 Å². The third kappa shape index (κ3) is 2.22. The van der Waals surface area contributed by atoms with Crippen LogP contribution in [0.5, 0.6) is 0 Å². The molecule has 2 fully saturated rings. The highest BCUT2D eigenvalue weighted by Crippen LogP contribution is 2.50. The fourth-order valence-corrected chi connectivity index (χ4v) is 4.25. The Morgan fingerprint density at radius 1 is 1.35 bits per heavy atom. The molecule has 0 spiro atoms. The predicted molar refractivity (Wildman–Crippen MR) is 65.4 cm³/mol. The average Bonchev–Trinajstić information content (AvgIpc) is 2.27. The Kier molecular flexibility index (Phi) is 3.48. The van der Waals surface area contributed by atoms with Gasteiger partial charge in [0.1, 0.15) is 0 Å². The highest BCUT2D eigenvalue weighted by molar-refractivity contribution is 5.74. The first-order valence-corrected chi connectivity index (χ1v) is 6.77. The second-order valence-electron chi connectivity index (χ2n) is 6.13. The number of hydrogen-bond donors (Lipinski definition) is 1. The second kappa shape index (κ2) is 4.60. The van der Waals surface area contributed by atoms with Crippen LogP contribution in [0.25, 0.3) is 0 Å². The van der Waals surface area contributed by atoms with Crippen LogP contribution >= 0.6 is 0 Å². The van der Waals surface area contributed by atoms with Crippen LogP contribution in [0.2, 0.25) is 0 Å². The number of fused-ring (bicyclic) bond motifs is 1. The van der Waals surface area contributed by atoms with Crippen molar-refractivity contribution in [1.29, 1.82) is 0 Å². The Labute approximate surface area is 104 Å². The lowest BCUT2D eigenvalue weighted by Crippen LogP contribution is -2.53. The van der Waals surface area contributed by atoms with Gasteiger partial charge >= 0.3 is 5.97 Å². The molecular weight excluding hydrogens is 216 g/mol. The van der Waals surface area contributed by atoms with Gasteiger partial charge < -0.3 is 9.84 Å². The van der Waals surface area contributed by atoms with E-state index in [2.05, 4.69) is 6.92 Å². The molecule has 17 heavy (non-hydrogen) atoms. The van der Waals surface area contributed by atoms with Crippen molar-refractivity contribution >= 4 is 5.97 Å². The van der Waals surface area contributed by atoms with Crippen molar-refractivity contribution < 1.29 is 14.6 Å². The first-order valence-electron chi connectivity index (χ1n) is 6.77. The number of carbonyl (C=O) groups excluding carboxylic acids is 1. The number of rotatable bonds is 1. The summed E-state index contributed by atoms with van der Waals surface area (Å²) in [6, 6.07) is 0. The quantitative estimate of drug-likeness (QED) is 0.716. The van der Waals surface area contributed by atoms with Gasteiger partial charge in [0.25, 0.3) is 0 Å². The zero-order chi connectivity index (χ0) is 12.6. The highest BCUT2D eigenvalue weighted by Gasteiger charge is 2.52. The number of aliphatic hydroxyl groups is 1. The fourth-order valence-electron chi connectivity index (χ4n) is 4.25. The van der Waals surface area contributed by atoms with Crippen molar-refractivity contribution in [3.8, 4) is 0 Å². The van der Waals surface area contributed by atoms with E-state index in [-0.39, 0.29) is 17.8 Å². The number of carbonyl (C=O) groups is 1. The summed E-state index contributed by atoms with van der Waals surface area (Å²) in [4.78, 5) is 11.9. The molecule has 3 nitrogen and oxygen atoms in total. The molecule has 1 N–H and O–H groups in total. The Balaban J connectivity index is 2.23. The van der Waals surface area contributed by atoms with E-state index in [9.17, 15) is 9.90 Å². The van der Waals surface area contributed by atoms with Crippen LogP contribution in [0.15, 0.2) is 0 Å². The number of methoxy groups -OCH3 is 1. The van der Waals surface area contributed by atoms with E-state index >= 15 is 0 Å². The van der Waals surface area contributed by atoms with Gasteiger partial charge in [0.2, 0.25) is 0 Å². The summed E-state index contributed by atoms with van der Waals surface area (Å²) in [6.45, 7) is 3.91. The van der Waals surface area contributed by atoms with Gasteiger partial charge in [-0.1, -0.05) is 26.2 Å². The van der Waals surface area contributed by atoms with Gasteiger partial charge in [0.15, 0.2) is 0 Å². The van der Waals surface area contributed by atoms with E-state index in [0.29, 0.717) is 11.8 Å². The van der Waals surface area contributed by atoms with Crippen LogP contribution in [0.1, 0.15) is 46.0 Å². The third-order valence-electron chi connectivity index (χ3n) is 4.97. The Bertz CT molecular complexity index is 298. The minimum atomic E-state index is -0.898. The summed E-state index contributed by atoms with van der Waals surface area (Å²) >= 11 is 0. The summed E-state index contributed by atoms with van der Waals surface area (Å²) in [5.74, 6) is 0.817. The molecule has 0 heterocycles. The van der Waals surface area contributed by atoms with E-state index in [4.69, 9.17) is 4.74 Å². The Morgan fingerprint density at radius 2 is 2.00 bits per heavy atom. The Hall–Kier alpha value is -0.570. The summed E-state index contributed by atoms with van der Waals surface area (Å²) in [7, 11) is 1.41. The maximum atomic E-state index is 11.9. The van der Waals surface area contributed by atoms with Gasteiger partial charge in [-0.05, 0) is 37.5 Å². The van der Waals surface area contributed by atoms with Crippen LogP contribution in [-0.2, 0) is 9.53 Å². The van der Waals surface area contributed by atoms with Crippen LogP contribution < -0.4 is 0 Å². The van der Waals surface area contributed by atoms with E-state index in [1.807, 2.05) is 0 Å². The second-order valence-corrected chi connectivity index (χ2v) is 6.13. The minimum absolute atomic E-state index is 0.233. The molecule has 0 radical (unpaired) electrons. The molecule has 0 saturated heterocycles. The van der Waals surface area contributed by atoms with E-state index < -0.39 is 5.60 Å². The van der Waals surface area contributed by atoms with Crippen LogP contribution in [-0.4, -0.2) is 23.8 Å². The van der Waals surface area contributed by atoms with Gasteiger partial charge in [-0.25, -0.2) is 0 Å². The highest BCUT2D eigenvalue weighted by atomic mass is 16.5. The van der Waals surface area contributed by atoms with Crippen LogP contribution in [0.3, 0.4) is 0 Å². The molecule has 0 aromatic heterocycles. The standard InChI is InChI=1S/C14H24O3/c1-9-11-7-5-4-6-10(11)8-14(2,16)12(9)13(15)17-3/h9-12,16H,4-8H2,1-3H3/t9-,10-,11+,12+,14-/m1/s1. The summed E-state index contributed by atoms with van der Waals surface area (Å²) in [6.07, 6.45) is 5.70. The molecule has 0 bridgehead atoms.